The molecule has 0 saturated heterocycles. The summed E-state index contributed by atoms with van der Waals surface area (Å²) in [5.74, 6) is 0.769. The summed E-state index contributed by atoms with van der Waals surface area (Å²) < 4.78 is 0. The molecule has 88 valence electrons. The second-order valence-electron chi connectivity index (χ2n) is 5.53. The fourth-order valence-electron chi connectivity index (χ4n) is 2.13. The molecule has 16 heavy (non-hydrogen) atoms. The molecule has 0 amide bonds. The second kappa shape index (κ2) is 3.77. The van der Waals surface area contributed by atoms with E-state index >= 15 is 0 Å². The van der Waals surface area contributed by atoms with Crippen LogP contribution >= 0.6 is 0 Å². The molecule has 3 N–H and O–H groups in total. The maximum atomic E-state index is 9.87. The van der Waals surface area contributed by atoms with Gasteiger partial charge in [0.1, 0.15) is 5.75 Å². The van der Waals surface area contributed by atoms with Crippen LogP contribution in [0.4, 0.5) is 0 Å². The predicted octanol–water partition coefficient (Wildman–Crippen LogP) is 2.86. The molecule has 0 bridgehead atoms. The van der Waals surface area contributed by atoms with Gasteiger partial charge in [0.05, 0.1) is 0 Å². The summed E-state index contributed by atoms with van der Waals surface area (Å²) >= 11 is 0. The molecule has 0 unspecified atom stereocenters. The number of hydrogen-bond acceptors (Lipinski definition) is 2. The fraction of sp³-hybridized carbons (Fsp3) is 0.571. The molecular weight excluding hydrogens is 198 g/mol. The minimum absolute atomic E-state index is 0.0377. The normalized spacial score (nSPS) is 17.8. The number of aromatic hydroxyl groups is 1. The second-order valence-corrected chi connectivity index (χ2v) is 5.53. The van der Waals surface area contributed by atoms with E-state index in [1.165, 1.54) is 5.56 Å². The number of phenolic OH excluding ortho intramolecular Hbond substituents is 1. The SMILES string of the molecule is Cc1cc(O)c(C(C)C)cc1CC1(N)CC1. The lowest BCUT2D eigenvalue weighted by atomic mass is 9.93. The average molecular weight is 219 g/mol. The molecule has 2 rings (SSSR count). The summed E-state index contributed by atoms with van der Waals surface area (Å²) in [6.45, 7) is 6.25. The molecule has 1 aliphatic rings. The van der Waals surface area contributed by atoms with Crippen molar-refractivity contribution in [3.8, 4) is 5.75 Å². The van der Waals surface area contributed by atoms with Crippen molar-refractivity contribution in [3.63, 3.8) is 0 Å². The monoisotopic (exact) mass is 219 g/mol. The number of nitrogens with two attached hydrogens (primary N) is 1. The molecule has 0 heterocycles. The first kappa shape index (κ1) is 11.5. The lowest BCUT2D eigenvalue weighted by Crippen LogP contribution is -2.25. The summed E-state index contributed by atoms with van der Waals surface area (Å²) in [6, 6.07) is 4.00. The van der Waals surface area contributed by atoms with Gasteiger partial charge >= 0.3 is 0 Å². The Labute approximate surface area is 97.5 Å². The number of phenols is 1. The molecular formula is C14H21NO. The zero-order chi connectivity index (χ0) is 11.9. The van der Waals surface area contributed by atoms with E-state index in [1.807, 2.05) is 13.0 Å². The first-order chi connectivity index (χ1) is 7.41. The first-order valence-corrected chi connectivity index (χ1v) is 6.02. The van der Waals surface area contributed by atoms with Gasteiger partial charge in [0, 0.05) is 5.54 Å². The van der Waals surface area contributed by atoms with Gasteiger partial charge in [-0.25, -0.2) is 0 Å². The van der Waals surface area contributed by atoms with Gasteiger partial charge in [-0.05, 0) is 54.9 Å². The third-order valence-corrected chi connectivity index (χ3v) is 3.54. The Morgan fingerprint density at radius 2 is 2.00 bits per heavy atom. The standard InChI is InChI=1S/C14H21NO/c1-9(2)12-7-11(8-14(15)4-5-14)10(3)6-13(12)16/h6-7,9,16H,4-5,8,15H2,1-3H3. The molecule has 0 aromatic heterocycles. The van der Waals surface area contributed by atoms with Crippen molar-refractivity contribution in [2.75, 3.05) is 0 Å². The first-order valence-electron chi connectivity index (χ1n) is 6.02. The maximum Gasteiger partial charge on any atom is 0.119 e. The van der Waals surface area contributed by atoms with Gasteiger partial charge in [0.15, 0.2) is 0 Å². The van der Waals surface area contributed by atoms with Gasteiger partial charge in [-0.1, -0.05) is 19.9 Å². The lowest BCUT2D eigenvalue weighted by molar-refractivity contribution is 0.463. The largest absolute Gasteiger partial charge is 0.508 e. The molecule has 1 aliphatic carbocycles. The van der Waals surface area contributed by atoms with E-state index in [-0.39, 0.29) is 5.54 Å². The number of benzene rings is 1. The van der Waals surface area contributed by atoms with Crippen LogP contribution < -0.4 is 5.73 Å². The van der Waals surface area contributed by atoms with Crippen LogP contribution in [-0.4, -0.2) is 10.6 Å². The zero-order valence-corrected chi connectivity index (χ0v) is 10.4. The van der Waals surface area contributed by atoms with Crippen molar-refractivity contribution in [2.45, 2.75) is 51.5 Å². The zero-order valence-electron chi connectivity index (χ0n) is 10.4. The summed E-state index contributed by atoms with van der Waals surface area (Å²) in [6.07, 6.45) is 3.20. The van der Waals surface area contributed by atoms with E-state index in [0.29, 0.717) is 11.7 Å². The smallest absolute Gasteiger partial charge is 0.119 e. The van der Waals surface area contributed by atoms with Crippen molar-refractivity contribution in [2.24, 2.45) is 5.73 Å². The molecule has 0 spiro atoms. The highest BCUT2D eigenvalue weighted by Crippen LogP contribution is 2.38. The van der Waals surface area contributed by atoms with E-state index in [9.17, 15) is 5.11 Å². The molecule has 0 aliphatic heterocycles. The Balaban J connectivity index is 2.33. The van der Waals surface area contributed by atoms with E-state index in [4.69, 9.17) is 5.73 Å². The number of aryl methyl sites for hydroxylation is 1. The van der Waals surface area contributed by atoms with Crippen molar-refractivity contribution < 1.29 is 5.11 Å². The minimum Gasteiger partial charge on any atom is -0.508 e. The van der Waals surface area contributed by atoms with Gasteiger partial charge in [-0.2, -0.15) is 0 Å². The fourth-order valence-corrected chi connectivity index (χ4v) is 2.13. The van der Waals surface area contributed by atoms with Crippen LogP contribution in [0.15, 0.2) is 12.1 Å². The highest BCUT2D eigenvalue weighted by molar-refractivity contribution is 5.44. The molecule has 0 radical (unpaired) electrons. The summed E-state index contributed by atoms with van der Waals surface area (Å²) in [7, 11) is 0. The number of hydrogen-bond donors (Lipinski definition) is 2. The Morgan fingerprint density at radius 1 is 1.38 bits per heavy atom. The molecule has 2 heteroatoms. The lowest BCUT2D eigenvalue weighted by Gasteiger charge is -2.16. The Morgan fingerprint density at radius 3 is 2.50 bits per heavy atom. The van der Waals surface area contributed by atoms with Gasteiger partial charge in [0.25, 0.3) is 0 Å². The molecule has 1 saturated carbocycles. The van der Waals surface area contributed by atoms with E-state index in [0.717, 1.165) is 30.4 Å². The van der Waals surface area contributed by atoms with Crippen LogP contribution in [0.1, 0.15) is 49.3 Å². The molecule has 1 aromatic rings. The van der Waals surface area contributed by atoms with Crippen LogP contribution in [-0.2, 0) is 6.42 Å². The van der Waals surface area contributed by atoms with Crippen LogP contribution in [0.2, 0.25) is 0 Å². The Bertz CT molecular complexity index is 405. The van der Waals surface area contributed by atoms with Gasteiger partial charge in [-0.15, -0.1) is 0 Å². The van der Waals surface area contributed by atoms with Crippen molar-refractivity contribution >= 4 is 0 Å². The minimum atomic E-state index is 0.0377. The average Bonchev–Trinajstić information content (AvgIpc) is 2.88. The summed E-state index contributed by atoms with van der Waals surface area (Å²) in [5.41, 5.74) is 9.66. The van der Waals surface area contributed by atoms with Gasteiger partial charge in [-0.3, -0.25) is 0 Å². The summed E-state index contributed by atoms with van der Waals surface area (Å²) in [5, 5.41) is 9.87. The van der Waals surface area contributed by atoms with Crippen molar-refractivity contribution in [1.82, 2.24) is 0 Å². The number of rotatable bonds is 3. The van der Waals surface area contributed by atoms with Gasteiger partial charge in [0.2, 0.25) is 0 Å². The van der Waals surface area contributed by atoms with E-state index in [1.54, 1.807) is 0 Å². The molecule has 1 fully saturated rings. The Hall–Kier alpha value is -1.02. The van der Waals surface area contributed by atoms with Crippen LogP contribution in [0, 0.1) is 6.92 Å². The predicted molar refractivity (Wildman–Crippen MR) is 66.8 cm³/mol. The van der Waals surface area contributed by atoms with E-state index in [2.05, 4.69) is 19.9 Å². The molecule has 2 nitrogen and oxygen atoms in total. The van der Waals surface area contributed by atoms with Crippen LogP contribution in [0.5, 0.6) is 5.75 Å². The topological polar surface area (TPSA) is 46.2 Å². The molecule has 1 aromatic carbocycles. The van der Waals surface area contributed by atoms with Gasteiger partial charge < -0.3 is 10.8 Å². The van der Waals surface area contributed by atoms with Crippen LogP contribution in [0.3, 0.4) is 0 Å². The van der Waals surface area contributed by atoms with Crippen molar-refractivity contribution in [3.05, 3.63) is 28.8 Å². The third kappa shape index (κ3) is 2.22. The third-order valence-electron chi connectivity index (χ3n) is 3.54. The maximum absolute atomic E-state index is 9.87. The highest BCUT2D eigenvalue weighted by atomic mass is 16.3. The molecule has 0 atom stereocenters. The summed E-state index contributed by atoms with van der Waals surface area (Å²) in [4.78, 5) is 0. The van der Waals surface area contributed by atoms with Crippen LogP contribution in [0.25, 0.3) is 0 Å². The van der Waals surface area contributed by atoms with Crippen molar-refractivity contribution in [1.29, 1.82) is 0 Å². The Kier molecular flexibility index (Phi) is 2.70. The quantitative estimate of drug-likeness (QED) is 0.821. The van der Waals surface area contributed by atoms with E-state index < -0.39 is 0 Å². The highest BCUT2D eigenvalue weighted by Gasteiger charge is 2.38.